The molecule has 0 aliphatic carbocycles. The van der Waals surface area contributed by atoms with E-state index in [0.29, 0.717) is 5.13 Å². The predicted molar refractivity (Wildman–Crippen MR) is 95.7 cm³/mol. The van der Waals surface area contributed by atoms with Gasteiger partial charge in [-0.2, -0.15) is 0 Å². The van der Waals surface area contributed by atoms with Gasteiger partial charge in [-0.15, -0.1) is 11.3 Å². The van der Waals surface area contributed by atoms with E-state index in [1.165, 1.54) is 30.5 Å². The lowest BCUT2D eigenvalue weighted by Crippen LogP contribution is -2.37. The summed E-state index contributed by atoms with van der Waals surface area (Å²) >= 11 is 1.32. The number of thiazole rings is 1. The lowest BCUT2D eigenvalue weighted by atomic mass is 10.1. The molecule has 0 saturated heterocycles. The molecule has 0 radical (unpaired) electrons. The number of nitrogens with one attached hydrogen (secondary N) is 1. The predicted octanol–water partition coefficient (Wildman–Crippen LogP) is 2.60. The van der Waals surface area contributed by atoms with Crippen LogP contribution in [0.3, 0.4) is 0 Å². The van der Waals surface area contributed by atoms with Crippen molar-refractivity contribution >= 4 is 38.2 Å². The van der Waals surface area contributed by atoms with Crippen LogP contribution < -0.4 is 5.32 Å². The third-order valence-electron chi connectivity index (χ3n) is 3.81. The van der Waals surface area contributed by atoms with Crippen molar-refractivity contribution in [3.8, 4) is 0 Å². The van der Waals surface area contributed by atoms with E-state index in [4.69, 9.17) is 0 Å². The average molecular weight is 379 g/mol. The number of fused-ring (bicyclic) bond motifs is 1. The van der Waals surface area contributed by atoms with Gasteiger partial charge >= 0.3 is 0 Å². The van der Waals surface area contributed by atoms with Gasteiger partial charge in [0.2, 0.25) is 0 Å². The van der Waals surface area contributed by atoms with E-state index < -0.39 is 15.9 Å². The zero-order valence-electron chi connectivity index (χ0n) is 13.7. The summed E-state index contributed by atoms with van der Waals surface area (Å²) < 4.78 is 26.0. The summed E-state index contributed by atoms with van der Waals surface area (Å²) in [7, 11) is -2.67. The van der Waals surface area contributed by atoms with Gasteiger partial charge < -0.3 is 5.11 Å². The molecule has 1 amide bonds. The van der Waals surface area contributed by atoms with Gasteiger partial charge in [0.1, 0.15) is 0 Å². The van der Waals surface area contributed by atoms with Crippen LogP contribution in [0.2, 0.25) is 0 Å². The van der Waals surface area contributed by atoms with Crippen molar-refractivity contribution in [2.75, 3.05) is 12.4 Å². The van der Waals surface area contributed by atoms with Gasteiger partial charge in [-0.05, 0) is 18.6 Å². The fourth-order valence-corrected chi connectivity index (χ4v) is 4.87. The summed E-state index contributed by atoms with van der Waals surface area (Å²) in [5, 5.41) is 13.4. The molecular weight excluding hydrogens is 362 g/mol. The van der Waals surface area contributed by atoms with Gasteiger partial charge in [-0.3, -0.25) is 14.4 Å². The zero-order valence-corrected chi connectivity index (χ0v) is 15.3. The van der Waals surface area contributed by atoms with Crippen LogP contribution in [0.1, 0.15) is 23.8 Å². The Hall–Kier alpha value is -2.39. The first-order valence-electron chi connectivity index (χ1n) is 7.64. The van der Waals surface area contributed by atoms with Crippen LogP contribution in [0.5, 0.6) is 0 Å². The highest BCUT2D eigenvalue weighted by Gasteiger charge is 2.37. The van der Waals surface area contributed by atoms with Crippen molar-refractivity contribution in [3.05, 3.63) is 46.6 Å². The highest BCUT2D eigenvalue weighted by atomic mass is 32.2. The van der Waals surface area contributed by atoms with Gasteiger partial charge in [-0.1, -0.05) is 25.5 Å². The van der Waals surface area contributed by atoms with E-state index in [1.807, 2.05) is 6.92 Å². The fourth-order valence-electron chi connectivity index (χ4n) is 2.57. The standard InChI is InChI=1S/C16H17N3O4S2/c1-3-6-10-9-17-16(24-10)18-15(21)13-14(20)11-7-4-5-8-12(11)25(22,23)19(13)2/h4-5,7-9,20H,3,6H2,1-2H3,(H,17,18,21). The van der Waals surface area contributed by atoms with Crippen LogP contribution in [-0.2, 0) is 21.2 Å². The van der Waals surface area contributed by atoms with Crippen LogP contribution >= 0.6 is 11.3 Å². The zero-order chi connectivity index (χ0) is 18.2. The van der Waals surface area contributed by atoms with Crippen LogP contribution in [-0.4, -0.2) is 35.8 Å². The van der Waals surface area contributed by atoms with E-state index >= 15 is 0 Å². The molecule has 1 aliphatic rings. The SMILES string of the molecule is CCCc1cnc(NC(=O)C2=C(O)c3ccccc3S(=O)(=O)N2C)s1. The minimum Gasteiger partial charge on any atom is -0.505 e. The molecule has 25 heavy (non-hydrogen) atoms. The number of rotatable bonds is 4. The van der Waals surface area contributed by atoms with Crippen LogP contribution in [0.4, 0.5) is 5.13 Å². The Morgan fingerprint density at radius 3 is 2.80 bits per heavy atom. The molecule has 9 heteroatoms. The molecule has 2 aromatic rings. The highest BCUT2D eigenvalue weighted by Crippen LogP contribution is 2.34. The fraction of sp³-hybridized carbons (Fsp3) is 0.250. The number of sulfonamides is 1. The number of hydrogen-bond acceptors (Lipinski definition) is 6. The molecule has 1 aliphatic heterocycles. The molecule has 132 valence electrons. The largest absolute Gasteiger partial charge is 0.505 e. The van der Waals surface area contributed by atoms with Crippen molar-refractivity contribution in [1.29, 1.82) is 0 Å². The maximum absolute atomic E-state index is 12.6. The maximum atomic E-state index is 12.6. The van der Waals surface area contributed by atoms with Crippen LogP contribution in [0.15, 0.2) is 41.1 Å². The molecule has 0 unspecified atom stereocenters. The molecule has 3 rings (SSSR count). The molecule has 0 saturated carbocycles. The minimum absolute atomic E-state index is 0.0361. The van der Waals surface area contributed by atoms with Crippen molar-refractivity contribution < 1.29 is 18.3 Å². The Morgan fingerprint density at radius 2 is 2.08 bits per heavy atom. The number of likely N-dealkylation sites (N-methyl/N-ethyl adjacent to an activating group) is 1. The second-order valence-corrected chi connectivity index (χ2v) is 8.55. The first-order chi connectivity index (χ1) is 11.9. The van der Waals surface area contributed by atoms with E-state index in [-0.39, 0.29) is 21.9 Å². The van der Waals surface area contributed by atoms with Gasteiger partial charge in [0.25, 0.3) is 15.9 Å². The summed E-state index contributed by atoms with van der Waals surface area (Å²) in [6.07, 6.45) is 3.48. The number of aryl methyl sites for hydroxylation is 1. The lowest BCUT2D eigenvalue weighted by molar-refractivity contribution is -0.113. The number of aliphatic hydroxyl groups is 1. The van der Waals surface area contributed by atoms with Gasteiger partial charge in [-0.25, -0.2) is 13.4 Å². The number of aromatic nitrogens is 1. The molecule has 1 aromatic heterocycles. The number of anilines is 1. The van der Waals surface area contributed by atoms with E-state index in [0.717, 1.165) is 22.0 Å². The van der Waals surface area contributed by atoms with E-state index in [1.54, 1.807) is 18.3 Å². The molecule has 2 N–H and O–H groups in total. The second-order valence-electron chi connectivity index (χ2n) is 5.50. The average Bonchev–Trinajstić information content (AvgIpc) is 3.01. The topological polar surface area (TPSA) is 99.6 Å². The molecule has 1 aromatic carbocycles. The quantitative estimate of drug-likeness (QED) is 0.851. The van der Waals surface area contributed by atoms with Gasteiger partial charge in [0.05, 0.1) is 4.90 Å². The van der Waals surface area contributed by atoms with Crippen LogP contribution in [0, 0.1) is 0 Å². The Bertz CT molecular complexity index is 963. The smallest absolute Gasteiger partial charge is 0.278 e. The molecule has 2 heterocycles. The first-order valence-corrected chi connectivity index (χ1v) is 9.89. The number of hydrogen-bond donors (Lipinski definition) is 2. The van der Waals surface area contributed by atoms with Crippen molar-refractivity contribution in [2.24, 2.45) is 0 Å². The number of benzene rings is 1. The highest BCUT2D eigenvalue weighted by molar-refractivity contribution is 7.89. The second kappa shape index (κ2) is 6.49. The van der Waals surface area contributed by atoms with E-state index in [9.17, 15) is 18.3 Å². The summed E-state index contributed by atoms with van der Waals surface area (Å²) in [5.41, 5.74) is -0.220. The molecule has 0 atom stereocenters. The van der Waals surface area contributed by atoms with Crippen LogP contribution in [0.25, 0.3) is 5.76 Å². The number of nitrogens with zero attached hydrogens (tertiary/aromatic N) is 2. The molecule has 0 bridgehead atoms. The summed E-state index contributed by atoms with van der Waals surface area (Å²) in [6.45, 7) is 2.04. The molecular formula is C16H17N3O4S2. The Kier molecular flexibility index (Phi) is 4.53. The Balaban J connectivity index is 1.98. The minimum atomic E-state index is -3.91. The van der Waals surface area contributed by atoms with Gasteiger partial charge in [0.15, 0.2) is 16.6 Å². The number of amides is 1. The lowest BCUT2D eigenvalue weighted by Gasteiger charge is -2.28. The normalized spacial score (nSPS) is 15.8. The Labute approximate surface area is 149 Å². The number of carbonyl (C=O) groups excluding carboxylic acids is 1. The third kappa shape index (κ3) is 3.00. The molecule has 0 fully saturated rings. The summed E-state index contributed by atoms with van der Waals surface area (Å²) in [6, 6.07) is 6.02. The summed E-state index contributed by atoms with van der Waals surface area (Å²) in [4.78, 5) is 17.7. The maximum Gasteiger partial charge on any atom is 0.278 e. The van der Waals surface area contributed by atoms with Crippen molar-refractivity contribution in [2.45, 2.75) is 24.7 Å². The summed E-state index contributed by atoms with van der Waals surface area (Å²) in [5.74, 6) is -1.11. The van der Waals surface area contributed by atoms with Crippen molar-refractivity contribution in [3.63, 3.8) is 0 Å². The molecule has 7 nitrogen and oxygen atoms in total. The van der Waals surface area contributed by atoms with E-state index in [2.05, 4.69) is 10.3 Å². The number of carbonyl (C=O) groups is 1. The molecule has 0 spiro atoms. The monoisotopic (exact) mass is 379 g/mol. The van der Waals surface area contributed by atoms with Crippen molar-refractivity contribution in [1.82, 2.24) is 9.29 Å². The number of aliphatic hydroxyl groups excluding tert-OH is 1. The first kappa shape index (κ1) is 17.4. The third-order valence-corrected chi connectivity index (χ3v) is 6.59. The Morgan fingerprint density at radius 1 is 1.36 bits per heavy atom. The van der Waals surface area contributed by atoms with Gasteiger partial charge in [0, 0.05) is 23.7 Å².